The highest BCUT2D eigenvalue weighted by atomic mass is 19.1. The zero-order valence-corrected chi connectivity index (χ0v) is 11.6. The number of nitrogens with zero attached hydrogens (tertiary/aromatic N) is 1. The van der Waals surface area contributed by atoms with E-state index in [0.29, 0.717) is 0 Å². The molecule has 1 aromatic rings. The van der Waals surface area contributed by atoms with Gasteiger partial charge in [-0.15, -0.1) is 0 Å². The monoisotopic (exact) mass is 286 g/mol. The number of pyridine rings is 1. The summed E-state index contributed by atoms with van der Waals surface area (Å²) >= 11 is 0. The molecule has 0 aromatic carbocycles. The Morgan fingerprint density at radius 2 is 2.15 bits per heavy atom. The lowest BCUT2D eigenvalue weighted by Gasteiger charge is -2.22. The highest BCUT2D eigenvalue weighted by Crippen LogP contribution is 2.15. The average Bonchev–Trinajstić information content (AvgIpc) is 2.33. The van der Waals surface area contributed by atoms with Gasteiger partial charge in [-0.25, -0.2) is 9.18 Å². The van der Waals surface area contributed by atoms with Crippen LogP contribution in [0.1, 0.15) is 32.6 Å². The number of ether oxygens (including phenoxy) is 1. The van der Waals surface area contributed by atoms with Crippen LogP contribution in [-0.4, -0.2) is 39.5 Å². The predicted molar refractivity (Wildman–Crippen MR) is 69.4 cm³/mol. The maximum Gasteiger partial charge on any atom is 0.407 e. The lowest BCUT2D eigenvalue weighted by molar-refractivity contribution is 0.0107. The third kappa shape index (κ3) is 5.50. The van der Waals surface area contributed by atoms with Gasteiger partial charge in [-0.05, 0) is 32.9 Å². The van der Waals surface area contributed by atoms with Gasteiger partial charge in [-0.3, -0.25) is 4.98 Å². The van der Waals surface area contributed by atoms with Crippen LogP contribution in [0.15, 0.2) is 18.3 Å². The van der Waals surface area contributed by atoms with Crippen molar-refractivity contribution >= 4 is 6.09 Å². The van der Waals surface area contributed by atoms with E-state index < -0.39 is 29.7 Å². The van der Waals surface area contributed by atoms with Crippen LogP contribution >= 0.6 is 0 Å². The summed E-state index contributed by atoms with van der Waals surface area (Å²) in [4.78, 5) is 15.1. The molecule has 6 nitrogen and oxygen atoms in total. The first kappa shape index (κ1) is 16.3. The summed E-state index contributed by atoms with van der Waals surface area (Å²) in [6.07, 6.45) is -2.25. The van der Waals surface area contributed by atoms with E-state index in [0.717, 1.165) is 12.1 Å². The van der Waals surface area contributed by atoms with Gasteiger partial charge in [0, 0.05) is 12.7 Å². The summed E-state index contributed by atoms with van der Waals surface area (Å²) in [5.41, 5.74) is -0.666. The molecule has 1 rings (SSSR count). The molecular formula is C13H19FN2O4. The molecule has 1 amide bonds. The van der Waals surface area contributed by atoms with Gasteiger partial charge in [-0.2, -0.15) is 0 Å². The van der Waals surface area contributed by atoms with Crippen molar-refractivity contribution in [2.45, 2.75) is 38.6 Å². The van der Waals surface area contributed by atoms with Gasteiger partial charge >= 0.3 is 6.09 Å². The summed E-state index contributed by atoms with van der Waals surface area (Å²) in [6, 6.07) is 2.14. The van der Waals surface area contributed by atoms with Crippen LogP contribution in [0.25, 0.3) is 0 Å². The molecule has 0 bridgehead atoms. The summed E-state index contributed by atoms with van der Waals surface area (Å²) in [5, 5.41) is 21.8. The van der Waals surface area contributed by atoms with E-state index >= 15 is 0 Å². The van der Waals surface area contributed by atoms with E-state index in [1.54, 1.807) is 20.8 Å². The van der Waals surface area contributed by atoms with Gasteiger partial charge in [-0.1, -0.05) is 0 Å². The zero-order valence-electron chi connectivity index (χ0n) is 11.6. The predicted octanol–water partition coefficient (Wildman–Crippen LogP) is 1.14. The summed E-state index contributed by atoms with van der Waals surface area (Å²) < 4.78 is 17.9. The number of alkyl carbamates (subject to hydrolysis) is 1. The van der Waals surface area contributed by atoms with Crippen molar-refractivity contribution in [1.29, 1.82) is 0 Å². The van der Waals surface area contributed by atoms with Crippen molar-refractivity contribution in [1.82, 2.24) is 10.3 Å². The molecule has 1 heterocycles. The minimum atomic E-state index is -1.40. The smallest absolute Gasteiger partial charge is 0.407 e. The molecule has 0 fully saturated rings. The van der Waals surface area contributed by atoms with Crippen molar-refractivity contribution in [2.75, 3.05) is 6.54 Å². The Morgan fingerprint density at radius 1 is 1.50 bits per heavy atom. The molecule has 0 saturated carbocycles. The fourth-order valence-corrected chi connectivity index (χ4v) is 1.39. The Morgan fingerprint density at radius 3 is 2.70 bits per heavy atom. The Bertz CT molecular complexity index is 462. The molecule has 1 aromatic heterocycles. The molecule has 3 N–H and O–H groups in total. The fourth-order valence-electron chi connectivity index (χ4n) is 1.39. The normalized spacial score (nSPS) is 14.5. The van der Waals surface area contributed by atoms with Crippen molar-refractivity contribution in [3.63, 3.8) is 0 Å². The van der Waals surface area contributed by atoms with Gasteiger partial charge in [0.05, 0.1) is 5.69 Å². The van der Waals surface area contributed by atoms with E-state index in [-0.39, 0.29) is 12.2 Å². The number of aliphatic hydroxyl groups excluding tert-OH is 2. The van der Waals surface area contributed by atoms with Crippen LogP contribution < -0.4 is 5.32 Å². The van der Waals surface area contributed by atoms with Crippen LogP contribution in [0.4, 0.5) is 9.18 Å². The first-order valence-electron chi connectivity index (χ1n) is 6.13. The second-order valence-electron chi connectivity index (χ2n) is 5.29. The molecule has 0 spiro atoms. The van der Waals surface area contributed by atoms with Crippen molar-refractivity contribution in [3.05, 3.63) is 29.8 Å². The van der Waals surface area contributed by atoms with Crippen LogP contribution in [0.2, 0.25) is 0 Å². The van der Waals surface area contributed by atoms with E-state index in [2.05, 4.69) is 10.3 Å². The number of amides is 1. The Hall–Kier alpha value is -1.73. The Balaban J connectivity index is 2.50. The number of aromatic nitrogens is 1. The highest BCUT2D eigenvalue weighted by molar-refractivity contribution is 5.67. The van der Waals surface area contributed by atoms with Crippen LogP contribution in [-0.2, 0) is 4.74 Å². The number of aliphatic hydroxyl groups is 2. The number of hydrogen-bond donors (Lipinski definition) is 3. The molecular weight excluding hydrogens is 267 g/mol. The highest BCUT2D eigenvalue weighted by Gasteiger charge is 2.22. The number of carbonyl (C=O) groups excluding carboxylic acids is 1. The quantitative estimate of drug-likeness (QED) is 0.772. The molecule has 0 aliphatic rings. The molecule has 2 unspecified atom stereocenters. The van der Waals surface area contributed by atoms with Crippen molar-refractivity contribution in [2.24, 2.45) is 0 Å². The lowest BCUT2D eigenvalue weighted by Crippen LogP contribution is -2.39. The minimum Gasteiger partial charge on any atom is -0.444 e. The fraction of sp³-hybridized carbons (Fsp3) is 0.538. The molecule has 0 aliphatic carbocycles. The second kappa shape index (κ2) is 6.62. The topological polar surface area (TPSA) is 91.7 Å². The molecule has 0 radical (unpaired) electrons. The first-order valence-corrected chi connectivity index (χ1v) is 6.13. The van der Waals surface area contributed by atoms with Crippen molar-refractivity contribution < 1.29 is 24.1 Å². The zero-order chi connectivity index (χ0) is 15.3. The molecule has 20 heavy (non-hydrogen) atoms. The number of carbonyl (C=O) groups is 1. The van der Waals surface area contributed by atoms with Crippen molar-refractivity contribution in [3.8, 4) is 0 Å². The summed E-state index contributed by atoms with van der Waals surface area (Å²) in [6.45, 7) is 4.87. The minimum absolute atomic E-state index is 0.0107. The number of halogens is 1. The number of hydrogen-bond acceptors (Lipinski definition) is 5. The standard InChI is InChI=1S/C13H19FN2O4/c1-13(2,3)20-12(19)16-7-10(17)11(18)9-6-8(14)4-5-15-9/h4-6,10-11,17-18H,7H2,1-3H3,(H,16,19). The Labute approximate surface area is 116 Å². The molecule has 0 saturated heterocycles. The second-order valence-corrected chi connectivity index (χ2v) is 5.29. The third-order valence-electron chi connectivity index (χ3n) is 2.27. The van der Waals surface area contributed by atoms with Gasteiger partial charge in [0.15, 0.2) is 0 Å². The van der Waals surface area contributed by atoms with E-state index in [1.807, 2.05) is 0 Å². The molecule has 2 atom stereocenters. The summed E-state index contributed by atoms with van der Waals surface area (Å²) in [5.74, 6) is -0.568. The van der Waals surface area contributed by atoms with Gasteiger partial charge in [0.25, 0.3) is 0 Å². The maximum atomic E-state index is 13.0. The first-order chi connectivity index (χ1) is 9.19. The largest absolute Gasteiger partial charge is 0.444 e. The molecule has 7 heteroatoms. The van der Waals surface area contributed by atoms with Gasteiger partial charge in [0.1, 0.15) is 23.6 Å². The van der Waals surface area contributed by atoms with Gasteiger partial charge < -0.3 is 20.3 Å². The lowest BCUT2D eigenvalue weighted by atomic mass is 10.1. The number of nitrogens with one attached hydrogen (secondary N) is 1. The SMILES string of the molecule is CC(C)(C)OC(=O)NCC(O)C(O)c1cc(F)ccn1. The third-order valence-corrected chi connectivity index (χ3v) is 2.27. The van der Waals surface area contributed by atoms with Gasteiger partial charge in [0.2, 0.25) is 0 Å². The Kier molecular flexibility index (Phi) is 5.41. The maximum absolute atomic E-state index is 13.0. The molecule has 112 valence electrons. The van der Waals surface area contributed by atoms with E-state index in [4.69, 9.17) is 4.74 Å². The van der Waals surface area contributed by atoms with Crippen LogP contribution in [0.5, 0.6) is 0 Å². The number of rotatable bonds is 4. The van der Waals surface area contributed by atoms with E-state index in [9.17, 15) is 19.4 Å². The van der Waals surface area contributed by atoms with Crippen LogP contribution in [0, 0.1) is 5.82 Å². The van der Waals surface area contributed by atoms with E-state index in [1.165, 1.54) is 6.20 Å². The molecule has 0 aliphatic heterocycles. The average molecular weight is 286 g/mol. The van der Waals surface area contributed by atoms with Crippen LogP contribution in [0.3, 0.4) is 0 Å². The summed E-state index contributed by atoms with van der Waals surface area (Å²) in [7, 11) is 0.